The van der Waals surface area contributed by atoms with E-state index < -0.39 is 17.5 Å². The van der Waals surface area contributed by atoms with E-state index in [9.17, 15) is 18.0 Å². The van der Waals surface area contributed by atoms with Gasteiger partial charge >= 0.3 is 6.36 Å². The molecular formula is C28H25Cl2F3N2O3. The second-order valence-corrected chi connectivity index (χ2v) is 10.7. The fourth-order valence-electron chi connectivity index (χ4n) is 5.59. The van der Waals surface area contributed by atoms with Crippen LogP contribution in [0, 0.1) is 0 Å². The lowest BCUT2D eigenvalue weighted by Crippen LogP contribution is -2.54. The number of aromatic nitrogens is 1. The predicted molar refractivity (Wildman–Crippen MR) is 137 cm³/mol. The molecule has 0 aliphatic carbocycles. The zero-order chi connectivity index (χ0) is 27.3. The number of piperidine rings is 1. The van der Waals surface area contributed by atoms with E-state index in [1.165, 1.54) is 31.2 Å². The highest BCUT2D eigenvalue weighted by Crippen LogP contribution is 2.52. The van der Waals surface area contributed by atoms with Crippen molar-refractivity contribution in [3.63, 3.8) is 0 Å². The summed E-state index contributed by atoms with van der Waals surface area (Å²) in [6.45, 7) is 4.31. The van der Waals surface area contributed by atoms with Gasteiger partial charge in [0, 0.05) is 34.9 Å². The van der Waals surface area contributed by atoms with E-state index in [-0.39, 0.29) is 17.6 Å². The second-order valence-electron chi connectivity index (χ2n) is 9.82. The van der Waals surface area contributed by atoms with Crippen LogP contribution in [0.25, 0.3) is 0 Å². The van der Waals surface area contributed by atoms with E-state index in [2.05, 4.69) is 9.64 Å². The number of hydrogen-bond donors (Lipinski definition) is 0. The Bertz CT molecular complexity index is 1340. The largest absolute Gasteiger partial charge is 0.573 e. The minimum Gasteiger partial charge on any atom is -0.406 e. The maximum absolute atomic E-state index is 13.0. The van der Waals surface area contributed by atoms with Crippen LogP contribution in [0.1, 0.15) is 55.2 Å². The molecule has 10 heteroatoms. The first-order valence-electron chi connectivity index (χ1n) is 12.1. The van der Waals surface area contributed by atoms with Crippen molar-refractivity contribution < 1.29 is 27.4 Å². The number of nitrogens with zero attached hydrogens (tertiary/aromatic N) is 2. The van der Waals surface area contributed by atoms with Crippen molar-refractivity contribution >= 4 is 29.0 Å². The Morgan fingerprint density at radius 3 is 2.29 bits per heavy atom. The molecule has 1 saturated heterocycles. The lowest BCUT2D eigenvalue weighted by atomic mass is 9.81. The average Bonchev–Trinajstić information content (AvgIpc) is 3.17. The van der Waals surface area contributed by atoms with Crippen LogP contribution in [-0.2, 0) is 20.7 Å². The molecule has 2 unspecified atom stereocenters. The molecule has 2 aliphatic heterocycles. The summed E-state index contributed by atoms with van der Waals surface area (Å²) in [4.78, 5) is 19.7. The number of carbonyl (C=O) groups is 1. The number of fused-ring (bicyclic) bond motifs is 2. The van der Waals surface area contributed by atoms with E-state index >= 15 is 0 Å². The van der Waals surface area contributed by atoms with Gasteiger partial charge in [0.15, 0.2) is 5.78 Å². The van der Waals surface area contributed by atoms with E-state index in [4.69, 9.17) is 32.9 Å². The van der Waals surface area contributed by atoms with Gasteiger partial charge in [-0.3, -0.25) is 14.7 Å². The van der Waals surface area contributed by atoms with Gasteiger partial charge in [0.25, 0.3) is 0 Å². The first-order valence-corrected chi connectivity index (χ1v) is 12.9. The predicted octanol–water partition coefficient (Wildman–Crippen LogP) is 7.20. The standard InChI is InChI=1S/C28H25Cl2F3N2O3/c1-17(36)26(2,19-5-7-22(8-6-19)37-28(31,32)33)35-12-9-27(10-13-35)25-23(4-3-11-34-25)24(38-27)18-14-20(29)16-21(30)15-18/h3-8,11,14-16,24H,9-10,12-13H2,1-2H3. The zero-order valence-electron chi connectivity index (χ0n) is 20.7. The molecule has 5 nitrogen and oxygen atoms in total. The molecular weight excluding hydrogens is 540 g/mol. The van der Waals surface area contributed by atoms with Gasteiger partial charge in [0.2, 0.25) is 0 Å². The molecule has 1 aromatic heterocycles. The average molecular weight is 565 g/mol. The zero-order valence-corrected chi connectivity index (χ0v) is 22.2. The van der Waals surface area contributed by atoms with Gasteiger partial charge in [-0.05, 0) is 74.2 Å². The van der Waals surface area contributed by atoms with Gasteiger partial charge in [-0.2, -0.15) is 0 Å². The number of rotatable bonds is 5. The number of halogens is 5. The van der Waals surface area contributed by atoms with Crippen LogP contribution in [0.4, 0.5) is 13.2 Å². The summed E-state index contributed by atoms with van der Waals surface area (Å²) in [5.74, 6) is -0.450. The highest BCUT2D eigenvalue weighted by Gasteiger charge is 2.51. The van der Waals surface area contributed by atoms with Crippen molar-refractivity contribution in [1.29, 1.82) is 0 Å². The van der Waals surface area contributed by atoms with Crippen molar-refractivity contribution in [2.24, 2.45) is 0 Å². The number of carbonyl (C=O) groups excluding carboxylic acids is 1. The van der Waals surface area contributed by atoms with Gasteiger partial charge in [0.1, 0.15) is 23.0 Å². The molecule has 2 aromatic carbocycles. The minimum atomic E-state index is -4.79. The molecule has 0 N–H and O–H groups in total. The topological polar surface area (TPSA) is 51.7 Å². The monoisotopic (exact) mass is 564 g/mol. The summed E-state index contributed by atoms with van der Waals surface area (Å²) in [7, 11) is 0. The molecule has 0 bridgehead atoms. The Hall–Kier alpha value is -2.65. The number of likely N-dealkylation sites (tertiary alicyclic amines) is 1. The second kappa shape index (κ2) is 9.83. The van der Waals surface area contributed by atoms with Gasteiger partial charge in [-0.1, -0.05) is 41.4 Å². The Morgan fingerprint density at radius 2 is 1.71 bits per heavy atom. The summed E-state index contributed by atoms with van der Waals surface area (Å²) >= 11 is 12.5. The lowest BCUT2D eigenvalue weighted by Gasteiger charge is -2.46. The number of ketones is 1. The number of Topliss-reactive ketones (excluding diaryl/α,β-unsaturated/α-hetero) is 1. The molecule has 38 heavy (non-hydrogen) atoms. The third-order valence-corrected chi connectivity index (χ3v) is 8.06. The molecule has 2 atom stereocenters. The SMILES string of the molecule is CC(=O)C(C)(c1ccc(OC(F)(F)F)cc1)N1CCC2(CC1)OC(c1cc(Cl)cc(Cl)c1)c1cccnc12. The van der Waals surface area contributed by atoms with Crippen LogP contribution in [-0.4, -0.2) is 35.1 Å². The molecule has 1 spiro atoms. The van der Waals surface area contributed by atoms with E-state index in [0.717, 1.165) is 16.8 Å². The molecule has 0 radical (unpaired) electrons. The van der Waals surface area contributed by atoms with Crippen molar-refractivity contribution in [3.05, 3.63) is 93.2 Å². The van der Waals surface area contributed by atoms with Crippen LogP contribution in [0.15, 0.2) is 60.8 Å². The lowest BCUT2D eigenvalue weighted by molar-refractivity contribution is -0.274. The summed E-state index contributed by atoms with van der Waals surface area (Å²) in [5.41, 5.74) is 1.55. The molecule has 3 aromatic rings. The summed E-state index contributed by atoms with van der Waals surface area (Å²) in [6, 6.07) is 14.7. The van der Waals surface area contributed by atoms with Crippen LogP contribution < -0.4 is 4.74 Å². The van der Waals surface area contributed by atoms with Gasteiger partial charge < -0.3 is 9.47 Å². The fourth-order valence-corrected chi connectivity index (χ4v) is 6.13. The maximum atomic E-state index is 13.0. The number of hydrogen-bond acceptors (Lipinski definition) is 5. The maximum Gasteiger partial charge on any atom is 0.573 e. The van der Waals surface area contributed by atoms with Gasteiger partial charge in [-0.15, -0.1) is 13.2 Å². The molecule has 0 amide bonds. The van der Waals surface area contributed by atoms with Crippen LogP contribution in [0.5, 0.6) is 5.75 Å². The fraction of sp³-hybridized carbons (Fsp3) is 0.357. The highest BCUT2D eigenvalue weighted by molar-refractivity contribution is 6.34. The van der Waals surface area contributed by atoms with Crippen LogP contribution >= 0.6 is 23.2 Å². The van der Waals surface area contributed by atoms with E-state index in [1.54, 1.807) is 19.2 Å². The summed E-state index contributed by atoms with van der Waals surface area (Å²) < 4.78 is 48.5. The normalized spacial score (nSPS) is 20.7. The molecule has 3 heterocycles. The van der Waals surface area contributed by atoms with Gasteiger partial charge in [-0.25, -0.2) is 0 Å². The molecule has 1 fully saturated rings. The molecule has 2 aliphatic rings. The molecule has 0 saturated carbocycles. The smallest absolute Gasteiger partial charge is 0.406 e. The van der Waals surface area contributed by atoms with Crippen LogP contribution in [0.2, 0.25) is 10.0 Å². The molecule has 5 rings (SSSR count). The van der Waals surface area contributed by atoms with E-state index in [0.29, 0.717) is 41.5 Å². The highest BCUT2D eigenvalue weighted by atomic mass is 35.5. The van der Waals surface area contributed by atoms with Crippen molar-refractivity contribution in [2.45, 2.75) is 50.3 Å². The minimum absolute atomic E-state index is 0.116. The van der Waals surface area contributed by atoms with Crippen molar-refractivity contribution in [3.8, 4) is 5.75 Å². The van der Waals surface area contributed by atoms with E-state index in [1.807, 2.05) is 24.3 Å². The quantitative estimate of drug-likeness (QED) is 0.328. The van der Waals surface area contributed by atoms with Crippen molar-refractivity contribution in [2.75, 3.05) is 13.1 Å². The Kier molecular flexibility index (Phi) is 6.97. The first-order chi connectivity index (χ1) is 17.9. The van der Waals surface area contributed by atoms with Crippen molar-refractivity contribution in [1.82, 2.24) is 9.88 Å². The van der Waals surface area contributed by atoms with Crippen LogP contribution in [0.3, 0.4) is 0 Å². The van der Waals surface area contributed by atoms with Gasteiger partial charge in [0.05, 0.1) is 5.69 Å². The number of pyridine rings is 1. The summed E-state index contributed by atoms with van der Waals surface area (Å²) in [5, 5.41) is 1.03. The molecule has 200 valence electrons. The Balaban J connectivity index is 1.41. The first kappa shape index (κ1) is 26.9. The number of alkyl halides is 3. The number of benzene rings is 2. The Morgan fingerprint density at radius 1 is 1.08 bits per heavy atom. The third-order valence-electron chi connectivity index (χ3n) is 7.62. The Labute approximate surface area is 228 Å². The number of ether oxygens (including phenoxy) is 2. The summed E-state index contributed by atoms with van der Waals surface area (Å²) in [6.07, 6.45) is -2.29. The third kappa shape index (κ3) is 4.91.